The summed E-state index contributed by atoms with van der Waals surface area (Å²) in [7, 11) is 0. The van der Waals surface area contributed by atoms with Crippen LogP contribution in [0.3, 0.4) is 0 Å². The zero-order valence-corrected chi connectivity index (χ0v) is 10.6. The normalized spacial score (nSPS) is 11.7. The average molecular weight is 265 g/mol. The molecule has 0 saturated heterocycles. The number of halogens is 1. The fraction of sp³-hybridized carbons (Fsp3) is 0.286. The van der Waals surface area contributed by atoms with Crippen LogP contribution in [0.1, 0.15) is 30.0 Å². The zero-order chi connectivity index (χ0) is 14.4. The Morgan fingerprint density at radius 2 is 2.21 bits per heavy atom. The summed E-state index contributed by atoms with van der Waals surface area (Å²) >= 11 is 0. The van der Waals surface area contributed by atoms with Crippen LogP contribution in [0.15, 0.2) is 30.9 Å². The van der Waals surface area contributed by atoms with Crippen LogP contribution in [-0.4, -0.2) is 17.0 Å². The second-order valence-corrected chi connectivity index (χ2v) is 4.17. The highest BCUT2D eigenvalue weighted by Crippen LogP contribution is 2.17. The van der Waals surface area contributed by atoms with Crippen molar-refractivity contribution in [3.63, 3.8) is 0 Å². The van der Waals surface area contributed by atoms with Gasteiger partial charge in [-0.25, -0.2) is 9.18 Å². The number of allylic oxidation sites excluding steroid dienone is 1. The number of aryl methyl sites for hydroxylation is 1. The van der Waals surface area contributed by atoms with E-state index in [1.54, 1.807) is 6.08 Å². The average Bonchev–Trinajstić information content (AvgIpc) is 2.36. The number of carboxylic acid groups (broad SMARTS) is 1. The van der Waals surface area contributed by atoms with Crippen molar-refractivity contribution >= 4 is 11.9 Å². The second-order valence-electron chi connectivity index (χ2n) is 4.17. The van der Waals surface area contributed by atoms with Crippen molar-refractivity contribution in [1.29, 1.82) is 0 Å². The van der Waals surface area contributed by atoms with E-state index in [0.29, 0.717) is 17.5 Å². The van der Waals surface area contributed by atoms with Crippen LogP contribution in [0.4, 0.5) is 4.39 Å². The minimum atomic E-state index is -1.18. The van der Waals surface area contributed by atoms with Gasteiger partial charge in [-0.05, 0) is 30.5 Å². The first kappa shape index (κ1) is 14.9. The largest absolute Gasteiger partial charge is 0.479 e. The number of carbonyl (C=O) groups is 2. The third-order valence-corrected chi connectivity index (χ3v) is 2.64. The van der Waals surface area contributed by atoms with Crippen LogP contribution in [-0.2, 0) is 9.59 Å². The van der Waals surface area contributed by atoms with E-state index in [1.165, 1.54) is 25.1 Å². The SMILES string of the molecule is C=CCCC(=O)NC(C(=O)O)c1ccc(F)c(C)c1. The summed E-state index contributed by atoms with van der Waals surface area (Å²) < 4.78 is 13.1. The van der Waals surface area contributed by atoms with E-state index in [0.717, 1.165) is 0 Å². The molecule has 19 heavy (non-hydrogen) atoms. The highest BCUT2D eigenvalue weighted by atomic mass is 19.1. The summed E-state index contributed by atoms with van der Waals surface area (Å²) in [5.41, 5.74) is 0.683. The Morgan fingerprint density at radius 3 is 2.74 bits per heavy atom. The molecule has 0 aliphatic rings. The van der Waals surface area contributed by atoms with Crippen LogP contribution in [0, 0.1) is 12.7 Å². The molecule has 1 aromatic rings. The number of benzene rings is 1. The molecule has 2 N–H and O–H groups in total. The molecular weight excluding hydrogens is 249 g/mol. The molecule has 0 spiro atoms. The molecule has 5 heteroatoms. The van der Waals surface area contributed by atoms with Crippen molar-refractivity contribution < 1.29 is 19.1 Å². The molecule has 102 valence electrons. The lowest BCUT2D eigenvalue weighted by atomic mass is 10.0. The summed E-state index contributed by atoms with van der Waals surface area (Å²) in [5, 5.41) is 11.5. The van der Waals surface area contributed by atoms with E-state index in [2.05, 4.69) is 11.9 Å². The number of nitrogens with one attached hydrogen (secondary N) is 1. The van der Waals surface area contributed by atoms with Gasteiger partial charge in [-0.15, -0.1) is 6.58 Å². The molecule has 0 radical (unpaired) electrons. The number of carboxylic acids is 1. The minimum absolute atomic E-state index is 0.174. The number of aliphatic carboxylic acids is 1. The monoisotopic (exact) mass is 265 g/mol. The van der Waals surface area contributed by atoms with Crippen molar-refractivity contribution in [2.24, 2.45) is 0 Å². The number of rotatable bonds is 6. The van der Waals surface area contributed by atoms with E-state index in [4.69, 9.17) is 5.11 Å². The molecule has 0 heterocycles. The molecule has 1 unspecified atom stereocenters. The van der Waals surface area contributed by atoms with E-state index < -0.39 is 17.8 Å². The van der Waals surface area contributed by atoms with Crippen molar-refractivity contribution in [3.8, 4) is 0 Å². The van der Waals surface area contributed by atoms with Crippen LogP contribution in [0.25, 0.3) is 0 Å². The van der Waals surface area contributed by atoms with Gasteiger partial charge in [0.1, 0.15) is 5.82 Å². The van der Waals surface area contributed by atoms with E-state index in [-0.39, 0.29) is 12.3 Å². The van der Waals surface area contributed by atoms with Crippen molar-refractivity contribution in [2.45, 2.75) is 25.8 Å². The smallest absolute Gasteiger partial charge is 0.330 e. The quantitative estimate of drug-likeness (QED) is 0.776. The molecule has 1 rings (SSSR count). The second kappa shape index (κ2) is 6.68. The molecule has 1 aromatic carbocycles. The van der Waals surface area contributed by atoms with Crippen molar-refractivity contribution in [1.82, 2.24) is 5.32 Å². The third kappa shape index (κ3) is 4.21. The van der Waals surface area contributed by atoms with Gasteiger partial charge >= 0.3 is 5.97 Å². The van der Waals surface area contributed by atoms with Crippen LogP contribution in [0.5, 0.6) is 0 Å². The third-order valence-electron chi connectivity index (χ3n) is 2.64. The summed E-state index contributed by atoms with van der Waals surface area (Å²) in [5.74, 6) is -1.97. The topological polar surface area (TPSA) is 66.4 Å². The maximum Gasteiger partial charge on any atom is 0.330 e. The number of hydrogen-bond acceptors (Lipinski definition) is 2. The molecule has 4 nitrogen and oxygen atoms in total. The van der Waals surface area contributed by atoms with Crippen molar-refractivity contribution in [3.05, 3.63) is 47.8 Å². The first-order valence-corrected chi connectivity index (χ1v) is 5.84. The lowest BCUT2D eigenvalue weighted by molar-refractivity contribution is -0.142. The minimum Gasteiger partial charge on any atom is -0.479 e. The molecule has 0 aromatic heterocycles. The van der Waals surface area contributed by atoms with Crippen LogP contribution < -0.4 is 5.32 Å². The fourth-order valence-corrected chi connectivity index (χ4v) is 1.60. The van der Waals surface area contributed by atoms with Crippen LogP contribution >= 0.6 is 0 Å². The number of amides is 1. The van der Waals surface area contributed by atoms with Gasteiger partial charge in [0.2, 0.25) is 5.91 Å². The summed E-state index contributed by atoms with van der Waals surface area (Å²) in [6.07, 6.45) is 2.23. The molecule has 1 atom stereocenters. The maximum atomic E-state index is 13.1. The molecule has 0 aliphatic heterocycles. The first-order valence-electron chi connectivity index (χ1n) is 5.84. The summed E-state index contributed by atoms with van der Waals surface area (Å²) in [6, 6.07) is 2.80. The van der Waals surface area contributed by atoms with E-state index >= 15 is 0 Å². The number of hydrogen-bond donors (Lipinski definition) is 2. The van der Waals surface area contributed by atoms with Gasteiger partial charge in [-0.1, -0.05) is 18.2 Å². The first-order chi connectivity index (χ1) is 8.95. The van der Waals surface area contributed by atoms with Gasteiger partial charge in [0.25, 0.3) is 0 Å². The number of carbonyl (C=O) groups excluding carboxylic acids is 1. The predicted molar refractivity (Wildman–Crippen MR) is 69.1 cm³/mol. The standard InChI is InChI=1S/C14H16FNO3/c1-3-4-5-12(17)16-13(14(18)19)10-6-7-11(15)9(2)8-10/h3,6-8,13H,1,4-5H2,2H3,(H,16,17)(H,18,19). The Morgan fingerprint density at radius 1 is 1.53 bits per heavy atom. The Balaban J connectivity index is 2.88. The predicted octanol–water partition coefficient (Wildman–Crippen LogP) is 2.34. The Labute approximate surface area is 110 Å². The van der Waals surface area contributed by atoms with E-state index in [9.17, 15) is 14.0 Å². The highest BCUT2D eigenvalue weighted by Gasteiger charge is 2.22. The lowest BCUT2D eigenvalue weighted by Gasteiger charge is -2.15. The molecule has 1 amide bonds. The molecule has 0 aliphatic carbocycles. The van der Waals surface area contributed by atoms with Gasteiger partial charge in [0, 0.05) is 6.42 Å². The Hall–Kier alpha value is -2.17. The summed E-state index contributed by atoms with van der Waals surface area (Å²) in [6.45, 7) is 5.03. The highest BCUT2D eigenvalue weighted by molar-refractivity contribution is 5.84. The Kier molecular flexibility index (Phi) is 5.23. The molecule has 0 fully saturated rings. The van der Waals surface area contributed by atoms with E-state index in [1.807, 2.05) is 0 Å². The van der Waals surface area contributed by atoms with Crippen LogP contribution in [0.2, 0.25) is 0 Å². The lowest BCUT2D eigenvalue weighted by Crippen LogP contribution is -2.33. The summed E-state index contributed by atoms with van der Waals surface area (Å²) in [4.78, 5) is 22.7. The van der Waals surface area contributed by atoms with Gasteiger partial charge in [-0.2, -0.15) is 0 Å². The maximum absolute atomic E-state index is 13.1. The fourth-order valence-electron chi connectivity index (χ4n) is 1.60. The van der Waals surface area contributed by atoms with Crippen molar-refractivity contribution in [2.75, 3.05) is 0 Å². The zero-order valence-electron chi connectivity index (χ0n) is 10.6. The van der Waals surface area contributed by atoms with Gasteiger partial charge in [-0.3, -0.25) is 4.79 Å². The van der Waals surface area contributed by atoms with Gasteiger partial charge < -0.3 is 10.4 Å². The Bertz CT molecular complexity index is 499. The van der Waals surface area contributed by atoms with Gasteiger partial charge in [0.05, 0.1) is 0 Å². The van der Waals surface area contributed by atoms with Gasteiger partial charge in [0.15, 0.2) is 6.04 Å². The molecule has 0 bridgehead atoms. The molecule has 0 saturated carbocycles. The molecular formula is C14H16FNO3.